The largest absolute Gasteiger partial charge is 0.363 e. The molecule has 1 aromatic carbocycles. The number of halogens is 1. The van der Waals surface area contributed by atoms with Crippen LogP contribution in [0.5, 0.6) is 0 Å². The molecule has 1 aliphatic rings. The first kappa shape index (κ1) is 23.9. The number of hydrogen-bond acceptors (Lipinski definition) is 7. The molecule has 3 aromatic heterocycles. The van der Waals surface area contributed by atoms with Crippen molar-refractivity contribution in [3.05, 3.63) is 59.7 Å². The Balaban J connectivity index is 1.49. The number of aryl methyl sites for hydroxylation is 1. The Hall–Kier alpha value is -3.79. The van der Waals surface area contributed by atoms with Gasteiger partial charge in [-0.25, -0.2) is 14.4 Å². The zero-order valence-electron chi connectivity index (χ0n) is 21.1. The second-order valence-electron chi connectivity index (χ2n) is 9.55. The summed E-state index contributed by atoms with van der Waals surface area (Å²) in [5.74, 6) is 1.48. The summed E-state index contributed by atoms with van der Waals surface area (Å²) in [6.45, 7) is 6.79. The molecule has 4 aromatic rings. The molecule has 0 unspecified atom stereocenters. The van der Waals surface area contributed by atoms with E-state index in [2.05, 4.69) is 33.3 Å². The number of pyridine rings is 1. The van der Waals surface area contributed by atoms with Crippen molar-refractivity contribution < 1.29 is 9.18 Å². The van der Waals surface area contributed by atoms with Crippen molar-refractivity contribution in [2.45, 2.75) is 19.9 Å². The number of carbonyl (C=O) groups excluding carboxylic acids is 1. The first-order chi connectivity index (χ1) is 17.3. The summed E-state index contributed by atoms with van der Waals surface area (Å²) < 4.78 is 16.2. The maximum absolute atomic E-state index is 14.4. The number of amides is 1. The van der Waals surface area contributed by atoms with Crippen molar-refractivity contribution >= 4 is 34.1 Å². The average molecular weight is 491 g/mol. The topological polar surface area (TPSA) is 81.9 Å². The van der Waals surface area contributed by atoms with Gasteiger partial charge in [0.1, 0.15) is 17.5 Å². The van der Waals surface area contributed by atoms with Crippen LogP contribution in [0, 0.1) is 12.7 Å². The van der Waals surface area contributed by atoms with Gasteiger partial charge < -0.3 is 20.0 Å². The van der Waals surface area contributed by atoms with Gasteiger partial charge in [0.15, 0.2) is 5.65 Å². The van der Waals surface area contributed by atoms with E-state index < -0.39 is 0 Å². The zero-order valence-corrected chi connectivity index (χ0v) is 21.1. The lowest BCUT2D eigenvalue weighted by Gasteiger charge is -2.37. The van der Waals surface area contributed by atoms with E-state index in [1.54, 1.807) is 29.9 Å². The number of benzene rings is 1. The minimum absolute atomic E-state index is 0.120. The van der Waals surface area contributed by atoms with Crippen LogP contribution in [0.3, 0.4) is 0 Å². The Bertz CT molecular complexity index is 1410. The van der Waals surface area contributed by atoms with Crippen molar-refractivity contribution in [3.8, 4) is 0 Å². The van der Waals surface area contributed by atoms with E-state index in [1.807, 2.05) is 36.0 Å². The second-order valence-corrected chi connectivity index (χ2v) is 9.55. The predicted molar refractivity (Wildman–Crippen MR) is 139 cm³/mol. The van der Waals surface area contributed by atoms with Gasteiger partial charge in [-0.15, -0.1) is 0 Å². The second kappa shape index (κ2) is 9.69. The summed E-state index contributed by atoms with van der Waals surface area (Å²) >= 11 is 0. The van der Waals surface area contributed by atoms with Gasteiger partial charge in [0.05, 0.1) is 24.3 Å². The number of piperazine rings is 1. The summed E-state index contributed by atoms with van der Waals surface area (Å²) in [5.41, 5.74) is 2.95. The van der Waals surface area contributed by atoms with Crippen LogP contribution >= 0.6 is 0 Å². The Morgan fingerprint density at radius 3 is 2.67 bits per heavy atom. The van der Waals surface area contributed by atoms with Crippen LogP contribution in [0.1, 0.15) is 24.1 Å². The lowest BCUT2D eigenvalue weighted by atomic mass is 10.0. The molecular weight excluding hydrogens is 459 g/mol. The molecule has 36 heavy (non-hydrogen) atoms. The highest BCUT2D eigenvalue weighted by Gasteiger charge is 2.26. The van der Waals surface area contributed by atoms with Crippen molar-refractivity contribution in [2.24, 2.45) is 0 Å². The van der Waals surface area contributed by atoms with E-state index >= 15 is 0 Å². The molecule has 10 heteroatoms. The molecule has 4 heterocycles. The van der Waals surface area contributed by atoms with Crippen molar-refractivity contribution in [3.63, 3.8) is 0 Å². The molecule has 1 aliphatic heterocycles. The van der Waals surface area contributed by atoms with Crippen LogP contribution in [0.25, 0.3) is 16.6 Å². The van der Waals surface area contributed by atoms with Gasteiger partial charge in [-0.3, -0.25) is 4.79 Å². The molecule has 0 bridgehead atoms. The Kier molecular flexibility index (Phi) is 6.44. The van der Waals surface area contributed by atoms with Gasteiger partial charge in [-0.2, -0.15) is 9.61 Å². The maximum Gasteiger partial charge on any atom is 0.236 e. The number of aromatic nitrogens is 4. The molecule has 5 rings (SSSR count). The molecule has 1 N–H and O–H groups in total. The SMILES string of the molecule is Cc1c(F)ccc2cc([C@H](C)Nc3ccnc4ccnn34)c(N3CCN(C(=O)CN(C)C)CC3)nc12. The lowest BCUT2D eigenvalue weighted by Crippen LogP contribution is -2.51. The molecule has 1 saturated heterocycles. The normalized spacial score (nSPS) is 15.2. The predicted octanol–water partition coefficient (Wildman–Crippen LogP) is 3.11. The average Bonchev–Trinajstić information content (AvgIpc) is 3.35. The van der Waals surface area contributed by atoms with E-state index in [-0.39, 0.29) is 17.8 Å². The van der Waals surface area contributed by atoms with Gasteiger partial charge in [-0.05, 0) is 52.2 Å². The highest BCUT2D eigenvalue weighted by atomic mass is 19.1. The van der Waals surface area contributed by atoms with Crippen LogP contribution < -0.4 is 10.2 Å². The number of rotatable bonds is 6. The molecule has 0 radical (unpaired) electrons. The highest BCUT2D eigenvalue weighted by Crippen LogP contribution is 2.33. The fourth-order valence-corrected chi connectivity index (χ4v) is 4.72. The first-order valence-corrected chi connectivity index (χ1v) is 12.1. The molecule has 1 atom stereocenters. The van der Waals surface area contributed by atoms with Gasteiger partial charge in [-0.1, -0.05) is 0 Å². The number of fused-ring (bicyclic) bond motifs is 2. The smallest absolute Gasteiger partial charge is 0.236 e. The van der Waals surface area contributed by atoms with Gasteiger partial charge in [0.25, 0.3) is 0 Å². The fourth-order valence-electron chi connectivity index (χ4n) is 4.72. The monoisotopic (exact) mass is 490 g/mol. The van der Waals surface area contributed by atoms with Gasteiger partial charge in [0, 0.05) is 55.0 Å². The fraction of sp³-hybridized carbons (Fsp3) is 0.385. The molecular formula is C26H31FN8O. The Morgan fingerprint density at radius 1 is 1.14 bits per heavy atom. The van der Waals surface area contributed by atoms with Gasteiger partial charge >= 0.3 is 0 Å². The summed E-state index contributed by atoms with van der Waals surface area (Å²) in [4.78, 5) is 27.9. The van der Waals surface area contributed by atoms with E-state index in [1.165, 1.54) is 6.07 Å². The summed E-state index contributed by atoms with van der Waals surface area (Å²) in [7, 11) is 3.80. The van der Waals surface area contributed by atoms with Crippen LogP contribution in [0.4, 0.5) is 16.0 Å². The molecule has 9 nitrogen and oxygen atoms in total. The number of nitrogens with one attached hydrogen (secondary N) is 1. The molecule has 0 spiro atoms. The third-order valence-corrected chi connectivity index (χ3v) is 6.69. The van der Waals surface area contributed by atoms with Crippen LogP contribution in [0.2, 0.25) is 0 Å². The quantitative estimate of drug-likeness (QED) is 0.445. The van der Waals surface area contributed by atoms with Crippen molar-refractivity contribution in [1.29, 1.82) is 0 Å². The number of anilines is 2. The van der Waals surface area contributed by atoms with E-state index in [0.717, 1.165) is 28.2 Å². The highest BCUT2D eigenvalue weighted by molar-refractivity contribution is 5.85. The first-order valence-electron chi connectivity index (χ1n) is 12.1. The van der Waals surface area contributed by atoms with Crippen molar-refractivity contribution in [2.75, 3.05) is 57.0 Å². The third-order valence-electron chi connectivity index (χ3n) is 6.69. The summed E-state index contributed by atoms with van der Waals surface area (Å²) in [5, 5.41) is 8.82. The van der Waals surface area contributed by atoms with Gasteiger partial charge in [0.2, 0.25) is 5.91 Å². The van der Waals surface area contributed by atoms with E-state index in [0.29, 0.717) is 43.8 Å². The van der Waals surface area contributed by atoms with E-state index in [9.17, 15) is 9.18 Å². The minimum atomic E-state index is -0.267. The van der Waals surface area contributed by atoms with Crippen LogP contribution in [-0.2, 0) is 4.79 Å². The Labute approximate surface area is 209 Å². The third kappa shape index (κ3) is 4.56. The van der Waals surface area contributed by atoms with E-state index in [4.69, 9.17) is 4.98 Å². The maximum atomic E-state index is 14.4. The Morgan fingerprint density at radius 2 is 1.92 bits per heavy atom. The number of hydrogen-bond donors (Lipinski definition) is 1. The lowest BCUT2D eigenvalue weighted by molar-refractivity contribution is -0.132. The summed E-state index contributed by atoms with van der Waals surface area (Å²) in [6, 6.07) is 8.98. The summed E-state index contributed by atoms with van der Waals surface area (Å²) in [6.07, 6.45) is 3.47. The molecule has 1 fully saturated rings. The minimum Gasteiger partial charge on any atom is -0.363 e. The van der Waals surface area contributed by atoms with Crippen LogP contribution in [0.15, 0.2) is 42.7 Å². The van der Waals surface area contributed by atoms with Crippen molar-refractivity contribution in [1.82, 2.24) is 29.4 Å². The molecule has 1 amide bonds. The standard InChI is InChI=1S/C26H31FN8O/c1-17-21(27)6-5-19-15-20(18(2)30-23-7-9-28-22-8-10-29-35(22)23)26(31-25(17)19)34-13-11-33(12-14-34)24(36)16-32(3)4/h5-10,15,18,30H,11-14,16H2,1-4H3/t18-/m0/s1. The molecule has 0 saturated carbocycles. The molecule has 0 aliphatic carbocycles. The zero-order chi connectivity index (χ0) is 25.4. The number of likely N-dealkylation sites (N-methyl/N-ethyl adjacent to an activating group) is 1. The number of carbonyl (C=O) groups is 1. The van der Waals surface area contributed by atoms with Crippen LogP contribution in [-0.4, -0.2) is 82.1 Å². The number of nitrogens with zero attached hydrogens (tertiary/aromatic N) is 7. The molecule has 188 valence electrons.